The minimum atomic E-state index is -1.36. The van der Waals surface area contributed by atoms with Crippen LogP contribution in [0.25, 0.3) is 0 Å². The molecule has 0 saturated heterocycles. The Morgan fingerprint density at radius 1 is 1.12 bits per heavy atom. The van der Waals surface area contributed by atoms with Crippen molar-refractivity contribution >= 4 is 35.6 Å². The van der Waals surface area contributed by atoms with Crippen molar-refractivity contribution in [2.45, 2.75) is 63.8 Å². The highest BCUT2D eigenvalue weighted by molar-refractivity contribution is 5.90. The highest BCUT2D eigenvalue weighted by atomic mass is 16.4. The number of nitrogens with zero attached hydrogens (tertiary/aromatic N) is 1. The lowest BCUT2D eigenvalue weighted by atomic mass is 10.0. The fourth-order valence-corrected chi connectivity index (χ4v) is 4.01. The van der Waals surface area contributed by atoms with Crippen molar-refractivity contribution < 1.29 is 43.7 Å². The number of carbonyl (C=O) groups is 5. The molecule has 0 saturated carbocycles. The normalized spacial score (nSPS) is 15.7. The molecule has 1 aliphatic heterocycles. The van der Waals surface area contributed by atoms with Gasteiger partial charge in [-0.25, -0.2) is 9.59 Å². The van der Waals surface area contributed by atoms with Crippen LogP contribution in [0.4, 0.5) is 0 Å². The average Bonchev–Trinajstić information content (AvgIpc) is 3.51. The topological polar surface area (TPSA) is 274 Å². The molecule has 0 radical (unpaired) electrons. The number of carbonyl (C=O) groups excluding carboxylic acids is 3. The number of hydrogen-bond acceptors (Lipinski definition) is 9. The molecule has 41 heavy (non-hydrogen) atoms. The molecular formula is C25H37N7O9. The molecule has 16 nitrogen and oxygen atoms in total. The van der Waals surface area contributed by atoms with E-state index in [9.17, 15) is 34.2 Å². The van der Waals surface area contributed by atoms with Crippen LogP contribution in [-0.2, 0) is 25.6 Å². The lowest BCUT2D eigenvalue weighted by Crippen LogP contribution is -2.54. The molecule has 3 amide bonds. The molecule has 0 spiro atoms. The van der Waals surface area contributed by atoms with Gasteiger partial charge in [0.05, 0.1) is 6.10 Å². The Kier molecular flexibility index (Phi) is 11.8. The third-order valence-corrected chi connectivity index (χ3v) is 6.37. The Balaban J connectivity index is 1.90. The van der Waals surface area contributed by atoms with Crippen LogP contribution in [0.1, 0.15) is 48.1 Å². The number of aliphatic hydroxyl groups excluding tert-OH is 1. The molecule has 4 unspecified atom stereocenters. The predicted octanol–water partition coefficient (Wildman–Crippen LogP) is -1.99. The summed E-state index contributed by atoms with van der Waals surface area (Å²) >= 11 is 0. The van der Waals surface area contributed by atoms with E-state index >= 15 is 0 Å². The summed E-state index contributed by atoms with van der Waals surface area (Å²) in [6, 6.07) is -2.47. The van der Waals surface area contributed by atoms with Gasteiger partial charge in [0.15, 0.2) is 5.96 Å². The standard InChI is InChI=1S/C25H37N7O9/c1-12(33)20(26)22(36)31-17(8-14-5-7-32(11-14)25(27)28)21(35)29-6-3-4-19(34)30-18(24(39)40)10-15-9-16(23(37)38)13(2)41-15/h5,9,12,17-18,20,33H,3-4,6-8,10-11,26H2,1-2H3,(H3,27,28)(H,29,35)(H,30,34)(H,31,36)(H,37,38)(H,39,40). The highest BCUT2D eigenvalue weighted by Gasteiger charge is 2.29. The van der Waals surface area contributed by atoms with E-state index in [2.05, 4.69) is 16.0 Å². The van der Waals surface area contributed by atoms with Crippen LogP contribution < -0.4 is 27.4 Å². The van der Waals surface area contributed by atoms with E-state index in [1.54, 1.807) is 11.0 Å². The van der Waals surface area contributed by atoms with E-state index in [0.717, 1.165) is 5.57 Å². The minimum Gasteiger partial charge on any atom is -0.480 e. The zero-order chi connectivity index (χ0) is 30.9. The summed E-state index contributed by atoms with van der Waals surface area (Å²) in [4.78, 5) is 62.0. The summed E-state index contributed by atoms with van der Waals surface area (Å²) in [5.41, 5.74) is 11.8. The Morgan fingerprint density at radius 2 is 1.80 bits per heavy atom. The first-order valence-electron chi connectivity index (χ1n) is 12.8. The van der Waals surface area contributed by atoms with Crippen molar-refractivity contribution in [1.82, 2.24) is 20.9 Å². The number of rotatable bonds is 15. The van der Waals surface area contributed by atoms with E-state index < -0.39 is 53.9 Å². The number of furan rings is 1. The number of carboxylic acid groups (broad SMARTS) is 2. The van der Waals surface area contributed by atoms with Gasteiger partial charge < -0.3 is 52.1 Å². The molecule has 1 aliphatic rings. The van der Waals surface area contributed by atoms with Gasteiger partial charge in [-0.05, 0) is 32.8 Å². The molecule has 1 aromatic heterocycles. The van der Waals surface area contributed by atoms with E-state index in [4.69, 9.17) is 26.4 Å². The minimum absolute atomic E-state index is 0.0246. The maximum atomic E-state index is 12.9. The lowest BCUT2D eigenvalue weighted by Gasteiger charge is -2.23. The van der Waals surface area contributed by atoms with Gasteiger partial charge in [-0.3, -0.25) is 19.8 Å². The van der Waals surface area contributed by atoms with Gasteiger partial charge in [-0.2, -0.15) is 0 Å². The number of aryl methyl sites for hydroxylation is 1. The number of aliphatic hydroxyl groups is 1. The van der Waals surface area contributed by atoms with Gasteiger partial charge >= 0.3 is 11.9 Å². The number of aliphatic carboxylic acids is 1. The highest BCUT2D eigenvalue weighted by Crippen LogP contribution is 2.17. The molecule has 11 N–H and O–H groups in total. The first-order chi connectivity index (χ1) is 19.2. The van der Waals surface area contributed by atoms with Crippen molar-refractivity contribution in [2.24, 2.45) is 11.5 Å². The number of carboxylic acids is 2. The summed E-state index contributed by atoms with van der Waals surface area (Å²) in [6.07, 6.45) is 0.481. The number of aromatic carboxylic acids is 1. The van der Waals surface area contributed by atoms with Crippen LogP contribution in [0.2, 0.25) is 0 Å². The van der Waals surface area contributed by atoms with Crippen LogP contribution in [-0.4, -0.2) is 99.7 Å². The Labute approximate surface area is 235 Å². The quantitative estimate of drug-likeness (QED) is 0.0473. The van der Waals surface area contributed by atoms with Crippen LogP contribution in [0.5, 0.6) is 0 Å². The van der Waals surface area contributed by atoms with Crippen LogP contribution in [0, 0.1) is 12.3 Å². The molecule has 2 heterocycles. The zero-order valence-electron chi connectivity index (χ0n) is 22.8. The third kappa shape index (κ3) is 9.91. The van der Waals surface area contributed by atoms with E-state index in [-0.39, 0.29) is 55.3 Å². The summed E-state index contributed by atoms with van der Waals surface area (Å²) in [7, 11) is 0. The first-order valence-corrected chi connectivity index (χ1v) is 12.8. The van der Waals surface area contributed by atoms with E-state index in [0.29, 0.717) is 13.1 Å². The number of nitrogens with two attached hydrogens (primary N) is 2. The summed E-state index contributed by atoms with van der Waals surface area (Å²) < 4.78 is 5.29. The molecule has 226 valence electrons. The maximum absolute atomic E-state index is 12.9. The van der Waals surface area contributed by atoms with E-state index in [1.807, 2.05) is 0 Å². The number of guanidine groups is 1. The van der Waals surface area contributed by atoms with Crippen molar-refractivity contribution in [1.29, 1.82) is 5.41 Å². The van der Waals surface area contributed by atoms with Crippen molar-refractivity contribution in [3.8, 4) is 0 Å². The molecule has 2 rings (SSSR count). The van der Waals surface area contributed by atoms with Crippen molar-refractivity contribution in [3.63, 3.8) is 0 Å². The second-order valence-corrected chi connectivity index (χ2v) is 9.70. The molecule has 4 atom stereocenters. The van der Waals surface area contributed by atoms with Gasteiger partial charge in [0, 0.05) is 32.5 Å². The zero-order valence-corrected chi connectivity index (χ0v) is 22.8. The van der Waals surface area contributed by atoms with Gasteiger partial charge in [0.25, 0.3) is 0 Å². The molecule has 1 aromatic rings. The second kappa shape index (κ2) is 14.8. The van der Waals surface area contributed by atoms with Crippen LogP contribution >= 0.6 is 0 Å². The van der Waals surface area contributed by atoms with Gasteiger partial charge in [-0.1, -0.05) is 11.6 Å². The van der Waals surface area contributed by atoms with Crippen LogP contribution in [0.3, 0.4) is 0 Å². The molecule has 16 heteroatoms. The monoisotopic (exact) mass is 579 g/mol. The predicted molar refractivity (Wildman–Crippen MR) is 144 cm³/mol. The fraction of sp³-hybridized carbons (Fsp3) is 0.520. The summed E-state index contributed by atoms with van der Waals surface area (Å²) in [5.74, 6) is -4.40. The second-order valence-electron chi connectivity index (χ2n) is 9.70. The first kappa shape index (κ1) is 32.8. The van der Waals surface area contributed by atoms with E-state index in [1.165, 1.54) is 19.9 Å². The Morgan fingerprint density at radius 3 is 2.34 bits per heavy atom. The fourth-order valence-electron chi connectivity index (χ4n) is 4.01. The Hall–Kier alpha value is -4.44. The molecule has 0 fully saturated rings. The Bertz CT molecular complexity index is 1190. The summed E-state index contributed by atoms with van der Waals surface area (Å²) in [6.45, 7) is 3.48. The van der Waals surface area contributed by atoms with Crippen molar-refractivity contribution in [2.75, 3.05) is 19.6 Å². The lowest BCUT2D eigenvalue weighted by molar-refractivity contribution is -0.141. The molecular weight excluding hydrogens is 542 g/mol. The maximum Gasteiger partial charge on any atom is 0.339 e. The molecule has 0 bridgehead atoms. The third-order valence-electron chi connectivity index (χ3n) is 6.37. The number of hydrogen-bond donors (Lipinski definition) is 9. The van der Waals surface area contributed by atoms with Gasteiger partial charge in [0.2, 0.25) is 17.7 Å². The summed E-state index contributed by atoms with van der Waals surface area (Å²) in [5, 5.41) is 43.2. The average molecular weight is 580 g/mol. The molecule has 0 aliphatic carbocycles. The SMILES string of the molecule is Cc1oc(CC(NC(=O)CCCNC(=O)C(CC2=CCN(C(=N)N)C2)NC(=O)C(N)C(C)O)C(=O)O)cc1C(=O)O. The smallest absolute Gasteiger partial charge is 0.339 e. The van der Waals surface area contributed by atoms with Gasteiger partial charge in [-0.15, -0.1) is 0 Å². The number of amides is 3. The largest absolute Gasteiger partial charge is 0.480 e. The number of nitrogens with one attached hydrogen (secondary N) is 4. The van der Waals surface area contributed by atoms with Crippen molar-refractivity contribution in [3.05, 3.63) is 34.8 Å². The van der Waals surface area contributed by atoms with Gasteiger partial charge in [0.1, 0.15) is 35.2 Å². The van der Waals surface area contributed by atoms with Crippen LogP contribution in [0.15, 0.2) is 22.1 Å². The molecule has 0 aromatic carbocycles.